The van der Waals surface area contributed by atoms with Gasteiger partial charge in [-0.25, -0.2) is 18.7 Å². The first-order valence-electron chi connectivity index (χ1n) is 26.3. The van der Waals surface area contributed by atoms with E-state index in [4.69, 9.17) is 19.4 Å². The van der Waals surface area contributed by atoms with Crippen LogP contribution in [0.25, 0.3) is 0 Å². The Morgan fingerprint density at radius 1 is 0.769 bits per heavy atom. The number of phenolic OH excluding ortho intramolecular Hbond substituents is 2. The molecule has 4 unspecified atom stereocenters. The molecule has 0 aliphatic carbocycles. The van der Waals surface area contributed by atoms with Crippen LogP contribution in [0.5, 0.6) is 23.3 Å². The maximum Gasteiger partial charge on any atom is 0.282 e. The minimum atomic E-state index is -1.10. The normalized spacial score (nSPS) is 19.8. The van der Waals surface area contributed by atoms with Gasteiger partial charge in [0.15, 0.2) is 11.7 Å². The summed E-state index contributed by atoms with van der Waals surface area (Å²) < 4.78 is 41.0. The van der Waals surface area contributed by atoms with Crippen molar-refractivity contribution in [3.05, 3.63) is 106 Å². The summed E-state index contributed by atoms with van der Waals surface area (Å²) in [4.78, 5) is 50.3. The van der Waals surface area contributed by atoms with Gasteiger partial charge in [0, 0.05) is 88.7 Å². The number of hydrogen-bond acceptors (Lipinski definition) is 17. The number of benzene rings is 2. The number of ether oxygens (including phenoxy) is 2. The molecule has 2 aromatic heterocycles. The van der Waals surface area contributed by atoms with Crippen molar-refractivity contribution < 1.29 is 38.1 Å². The number of aromatic hydroxyl groups is 2. The van der Waals surface area contributed by atoms with Gasteiger partial charge in [0.2, 0.25) is 11.8 Å². The van der Waals surface area contributed by atoms with Gasteiger partial charge in [-0.05, 0) is 83.6 Å². The van der Waals surface area contributed by atoms with Crippen LogP contribution in [0.2, 0.25) is 0 Å². The van der Waals surface area contributed by atoms with E-state index < -0.39 is 29.5 Å². The summed E-state index contributed by atoms with van der Waals surface area (Å²) in [6.45, 7) is 12.5. The number of pyridine rings is 2. The number of hydrogen-bond donors (Lipinski definition) is 2. The van der Waals surface area contributed by atoms with Crippen LogP contribution in [-0.2, 0) is 35.5 Å². The van der Waals surface area contributed by atoms with Crippen LogP contribution in [0.3, 0.4) is 0 Å². The molecule has 5 aliphatic rings. The van der Waals surface area contributed by atoms with Crippen molar-refractivity contribution in [1.82, 2.24) is 29.6 Å². The van der Waals surface area contributed by atoms with Gasteiger partial charge < -0.3 is 54.0 Å². The van der Waals surface area contributed by atoms with E-state index in [1.54, 1.807) is 18.2 Å². The highest BCUT2D eigenvalue weighted by Gasteiger charge is 2.39. The fourth-order valence-corrected chi connectivity index (χ4v) is 11.9. The summed E-state index contributed by atoms with van der Waals surface area (Å²) in [5.74, 6) is -3.14. The van der Waals surface area contributed by atoms with Gasteiger partial charge in [0.05, 0.1) is 65.8 Å². The van der Waals surface area contributed by atoms with Crippen LogP contribution in [0.4, 0.5) is 31.5 Å². The largest absolute Gasteiger partial charge is 0.506 e. The number of aromatic nitrogens is 2. The third kappa shape index (κ3) is 11.0. The molecule has 2 aromatic carbocycles. The molecular weight excluding hydrogens is 1000 g/mol. The lowest BCUT2D eigenvalue weighted by atomic mass is 9.96. The molecule has 0 saturated carbocycles. The summed E-state index contributed by atoms with van der Waals surface area (Å²) in [5.41, 5.74) is 7.11. The fourth-order valence-electron chi connectivity index (χ4n) is 11.9. The Balaban J connectivity index is 0.939. The molecule has 9 rings (SSSR count). The van der Waals surface area contributed by atoms with E-state index in [1.807, 2.05) is 67.0 Å². The number of carbonyl (C=O) groups excluding carboxylic acids is 2. The summed E-state index contributed by atoms with van der Waals surface area (Å²) in [6, 6.07) is 18.8. The Bertz CT molecular complexity index is 3130. The van der Waals surface area contributed by atoms with Crippen LogP contribution in [0.15, 0.2) is 67.3 Å². The number of rotatable bonds is 15. The van der Waals surface area contributed by atoms with Gasteiger partial charge in [-0.15, -0.1) is 0 Å². The maximum atomic E-state index is 14.2. The minimum Gasteiger partial charge on any atom is -0.506 e. The number of piperazine rings is 2. The van der Waals surface area contributed by atoms with E-state index in [0.717, 1.165) is 29.5 Å². The summed E-state index contributed by atoms with van der Waals surface area (Å²) in [7, 11) is 5.88. The molecular formula is C57H65F2N13O6. The standard InChI is InChI=1S/C57H65F2N13O6/c1-35(30-65(4)5)78-55-44(29-62)52(67-21-23-68(24-22-67)56(75)36(2)58)41-16-20-70(33-46(41)64-55)49-13-11-38(27-51(49)74)47-14-12-40(66(47)6)34-77-54-43(28-61)53(71-25-26-72(57(76)37(3)59)39(31-71)15-18-60)42-17-19-69(32-45(42)63-54)48-9-7-8-10-50(48)73/h7-11,13,27,35,39-40,47,73-74H,2-3,12,14-17,19-26,30-34H2,1,4-6H3. The van der Waals surface area contributed by atoms with Gasteiger partial charge in [-0.2, -0.15) is 15.8 Å². The fraction of sp³-hybridized carbons (Fsp3) is 0.456. The van der Waals surface area contributed by atoms with E-state index in [-0.39, 0.29) is 92.8 Å². The van der Waals surface area contributed by atoms with Crippen LogP contribution in [-0.4, -0.2) is 163 Å². The number of anilines is 4. The van der Waals surface area contributed by atoms with Crippen molar-refractivity contribution in [1.29, 1.82) is 15.8 Å². The predicted octanol–water partition coefficient (Wildman–Crippen LogP) is 5.85. The summed E-state index contributed by atoms with van der Waals surface area (Å²) in [6.07, 6.45) is 2.13. The van der Waals surface area contributed by atoms with Gasteiger partial charge in [-0.1, -0.05) is 31.4 Å². The molecule has 4 aromatic rings. The monoisotopic (exact) mass is 1070 g/mol. The van der Waals surface area contributed by atoms with Crippen LogP contribution >= 0.6 is 0 Å². The summed E-state index contributed by atoms with van der Waals surface area (Å²) in [5, 5.41) is 53.9. The smallest absolute Gasteiger partial charge is 0.282 e. The van der Waals surface area contributed by atoms with E-state index in [1.165, 1.54) is 9.80 Å². The molecule has 21 heteroatoms. The third-order valence-electron chi connectivity index (χ3n) is 15.7. The number of nitrogens with zero attached hydrogens (tertiary/aromatic N) is 13. The van der Waals surface area contributed by atoms with E-state index in [0.29, 0.717) is 98.4 Å². The van der Waals surface area contributed by atoms with Gasteiger partial charge in [0.25, 0.3) is 11.8 Å². The Morgan fingerprint density at radius 2 is 1.37 bits per heavy atom. The number of phenols is 2. The first-order chi connectivity index (χ1) is 37.5. The van der Waals surface area contributed by atoms with Gasteiger partial charge in [0.1, 0.15) is 47.5 Å². The molecule has 19 nitrogen and oxygen atoms in total. The van der Waals surface area contributed by atoms with E-state index in [9.17, 15) is 44.4 Å². The summed E-state index contributed by atoms with van der Waals surface area (Å²) >= 11 is 0. The van der Waals surface area contributed by atoms with Crippen molar-refractivity contribution in [2.75, 3.05) is 113 Å². The molecule has 3 saturated heterocycles. The molecule has 0 spiro atoms. The molecule has 3 fully saturated rings. The molecule has 0 radical (unpaired) electrons. The van der Waals surface area contributed by atoms with Gasteiger partial charge >= 0.3 is 0 Å². The Hall–Kier alpha value is -8.19. The lowest BCUT2D eigenvalue weighted by Gasteiger charge is -2.43. The number of nitriles is 3. The molecule has 78 heavy (non-hydrogen) atoms. The second-order valence-electron chi connectivity index (χ2n) is 20.9. The highest BCUT2D eigenvalue weighted by atomic mass is 19.1. The number of para-hydroxylation sites is 2. The zero-order valence-electron chi connectivity index (χ0n) is 44.6. The van der Waals surface area contributed by atoms with Crippen molar-refractivity contribution >= 4 is 34.6 Å². The van der Waals surface area contributed by atoms with E-state index >= 15 is 0 Å². The van der Waals surface area contributed by atoms with Crippen molar-refractivity contribution in [2.45, 2.75) is 76.3 Å². The molecule has 408 valence electrons. The average molecular weight is 1070 g/mol. The topological polar surface area (TPSA) is 216 Å². The van der Waals surface area contributed by atoms with Gasteiger partial charge in [-0.3, -0.25) is 14.5 Å². The first-order valence-corrected chi connectivity index (χ1v) is 26.3. The number of halogens is 2. The van der Waals surface area contributed by atoms with Crippen molar-refractivity contribution in [3.63, 3.8) is 0 Å². The molecule has 7 heterocycles. The minimum absolute atomic E-state index is 0.0533. The number of fused-ring (bicyclic) bond motifs is 2. The van der Waals surface area contributed by atoms with Crippen molar-refractivity contribution in [3.8, 4) is 41.5 Å². The van der Waals surface area contributed by atoms with Crippen LogP contribution in [0, 0.1) is 34.0 Å². The van der Waals surface area contributed by atoms with Crippen molar-refractivity contribution in [2.24, 2.45) is 0 Å². The second kappa shape index (κ2) is 23.2. The quantitative estimate of drug-likeness (QED) is 0.134. The number of likely N-dealkylation sites (tertiary alicyclic amines) is 1. The average Bonchev–Trinajstić information content (AvgIpc) is 3.97. The highest BCUT2D eigenvalue weighted by Crippen LogP contribution is 2.44. The molecule has 5 aliphatic heterocycles. The highest BCUT2D eigenvalue weighted by molar-refractivity contribution is 5.91. The molecule has 4 atom stereocenters. The van der Waals surface area contributed by atoms with Crippen LogP contribution < -0.4 is 29.1 Å². The number of amides is 2. The lowest BCUT2D eigenvalue weighted by molar-refractivity contribution is -0.131. The number of likely N-dealkylation sites (N-methyl/N-ethyl adjacent to an activating group) is 2. The Labute approximate surface area is 453 Å². The third-order valence-corrected chi connectivity index (χ3v) is 15.7. The Morgan fingerprint density at radius 3 is 1.97 bits per heavy atom. The first kappa shape index (κ1) is 54.6. The number of carbonyl (C=O) groups is 2. The van der Waals surface area contributed by atoms with Crippen LogP contribution in [0.1, 0.15) is 71.4 Å². The zero-order valence-corrected chi connectivity index (χ0v) is 44.6. The Kier molecular flexibility index (Phi) is 16.2. The zero-order chi connectivity index (χ0) is 55.5. The predicted molar refractivity (Wildman–Crippen MR) is 289 cm³/mol. The lowest BCUT2D eigenvalue weighted by Crippen LogP contribution is -2.55. The SMILES string of the molecule is C=C(F)C(=O)N1CCN(c2c(C#N)c(OC(C)CN(C)C)nc3c2CCN(c2ccc(C4CCC(COc5nc6c(c(N7CCN(C(=O)C(=C)F)C(CC#N)C7)c5C#N)CCN(c5ccccc5O)C6)N4C)cc2O)C3)CC1. The van der Waals surface area contributed by atoms with E-state index in [2.05, 4.69) is 46.1 Å². The second-order valence-corrected chi connectivity index (χ2v) is 20.9. The molecule has 2 amide bonds. The maximum absolute atomic E-state index is 14.2. The molecule has 2 N–H and O–H groups in total. The molecule has 0 bridgehead atoms.